The van der Waals surface area contributed by atoms with Crippen LogP contribution in [0.15, 0.2) is 120 Å². The van der Waals surface area contributed by atoms with Crippen molar-refractivity contribution in [3.05, 3.63) is 126 Å². The van der Waals surface area contributed by atoms with Gasteiger partial charge in [-0.15, -0.1) is 0 Å². The van der Waals surface area contributed by atoms with Crippen molar-refractivity contribution in [1.29, 1.82) is 0 Å². The number of alkyl carbamates (subject to hydrolysis) is 1. The molecule has 0 aliphatic rings. The molecule has 45 heavy (non-hydrogen) atoms. The number of para-hydroxylation sites is 2. The Kier molecular flexibility index (Phi) is 12.0. The molecule has 0 bridgehead atoms. The van der Waals surface area contributed by atoms with Gasteiger partial charge < -0.3 is 35.7 Å². The lowest BCUT2D eigenvalue weighted by Crippen LogP contribution is -2.31. The fourth-order valence-electron chi connectivity index (χ4n) is 3.52. The maximum atomic E-state index is 14.6. The lowest BCUT2D eigenvalue weighted by molar-refractivity contribution is -0.192. The Labute approximate surface area is 255 Å². The number of ether oxygens (including phenoxy) is 1. The summed E-state index contributed by atoms with van der Waals surface area (Å²) in [4.78, 5) is 25.9. The van der Waals surface area contributed by atoms with E-state index in [9.17, 15) is 22.5 Å². The summed E-state index contributed by atoms with van der Waals surface area (Å²) >= 11 is 0. The van der Waals surface area contributed by atoms with Crippen molar-refractivity contribution < 1.29 is 46.2 Å². The number of alkyl halides is 3. The van der Waals surface area contributed by atoms with Gasteiger partial charge in [-0.2, -0.15) is 13.2 Å². The molecule has 4 aromatic rings. The highest BCUT2D eigenvalue weighted by molar-refractivity contribution is 7.55. The number of rotatable bonds is 10. The molecule has 0 aromatic heterocycles. The molecular formula is C30H28F3N4O7P. The first-order valence-electron chi connectivity index (χ1n) is 12.9. The van der Waals surface area contributed by atoms with Gasteiger partial charge in [-0.3, -0.25) is 0 Å². The van der Waals surface area contributed by atoms with Crippen molar-refractivity contribution in [3.8, 4) is 11.5 Å². The van der Waals surface area contributed by atoms with Gasteiger partial charge in [-0.05, 0) is 47.5 Å². The average Bonchev–Trinajstić information content (AvgIpc) is 3.00. The highest BCUT2D eigenvalue weighted by Crippen LogP contribution is 2.59. The van der Waals surface area contributed by atoms with E-state index in [0.717, 1.165) is 5.56 Å². The van der Waals surface area contributed by atoms with Crippen LogP contribution < -0.4 is 25.8 Å². The van der Waals surface area contributed by atoms with E-state index in [0.29, 0.717) is 11.3 Å². The molecule has 0 radical (unpaired) electrons. The zero-order valence-electron chi connectivity index (χ0n) is 23.3. The van der Waals surface area contributed by atoms with Crippen LogP contribution in [0.25, 0.3) is 0 Å². The van der Waals surface area contributed by atoms with Crippen molar-refractivity contribution in [2.24, 2.45) is 16.5 Å². The predicted molar refractivity (Wildman–Crippen MR) is 160 cm³/mol. The molecule has 1 amide bonds. The first-order chi connectivity index (χ1) is 21.4. The Morgan fingerprint density at radius 2 is 1.31 bits per heavy atom. The van der Waals surface area contributed by atoms with E-state index in [1.807, 2.05) is 30.3 Å². The van der Waals surface area contributed by atoms with E-state index < -0.39 is 31.6 Å². The molecule has 0 aliphatic carbocycles. The maximum Gasteiger partial charge on any atom is 0.490 e. The molecule has 1 unspecified atom stereocenters. The molecule has 6 N–H and O–H groups in total. The van der Waals surface area contributed by atoms with E-state index >= 15 is 0 Å². The van der Waals surface area contributed by atoms with Crippen LogP contribution in [-0.4, -0.2) is 29.3 Å². The lowest BCUT2D eigenvalue weighted by Gasteiger charge is -2.28. The summed E-state index contributed by atoms with van der Waals surface area (Å²) in [7, 11) is -4.22. The number of hydrogen-bond donors (Lipinski definition) is 4. The number of nitrogens with one attached hydrogen (secondary N) is 1. The fourth-order valence-corrected chi connectivity index (χ4v) is 5.38. The van der Waals surface area contributed by atoms with Crippen LogP contribution in [0.3, 0.4) is 0 Å². The molecule has 4 aromatic carbocycles. The number of carboxylic acid groups (broad SMARTS) is 1. The van der Waals surface area contributed by atoms with Crippen LogP contribution in [0.4, 0.5) is 23.7 Å². The molecule has 11 nitrogen and oxygen atoms in total. The number of amides is 1. The zero-order valence-corrected chi connectivity index (χ0v) is 24.2. The molecule has 0 fully saturated rings. The van der Waals surface area contributed by atoms with Crippen molar-refractivity contribution >= 4 is 31.3 Å². The summed E-state index contributed by atoms with van der Waals surface area (Å²) in [6.45, 7) is 0.0107. The Morgan fingerprint density at radius 1 is 0.822 bits per heavy atom. The van der Waals surface area contributed by atoms with E-state index in [1.54, 1.807) is 84.9 Å². The maximum absolute atomic E-state index is 14.6. The monoisotopic (exact) mass is 644 g/mol. The summed E-state index contributed by atoms with van der Waals surface area (Å²) in [5.41, 5.74) is 12.7. The normalized spacial score (nSPS) is 11.5. The Balaban J connectivity index is 0.000000707. The molecule has 236 valence electrons. The number of benzene rings is 4. The molecule has 0 saturated heterocycles. The van der Waals surface area contributed by atoms with Crippen LogP contribution >= 0.6 is 7.60 Å². The van der Waals surface area contributed by atoms with Gasteiger partial charge in [0.25, 0.3) is 0 Å². The molecule has 0 aliphatic heterocycles. The summed E-state index contributed by atoms with van der Waals surface area (Å²) < 4.78 is 63.7. The van der Waals surface area contributed by atoms with Gasteiger partial charge in [0.1, 0.15) is 18.1 Å². The van der Waals surface area contributed by atoms with Crippen LogP contribution in [0, 0.1) is 0 Å². The Bertz CT molecular complexity index is 1580. The summed E-state index contributed by atoms with van der Waals surface area (Å²) in [6.07, 6.45) is -5.90. The number of aliphatic imine (C=N–C) groups is 1. The van der Waals surface area contributed by atoms with Crippen molar-refractivity contribution in [3.63, 3.8) is 0 Å². The topological polar surface area (TPSA) is 176 Å². The average molecular weight is 645 g/mol. The van der Waals surface area contributed by atoms with Crippen molar-refractivity contribution in [1.82, 2.24) is 5.32 Å². The Hall–Kier alpha value is -5.49. The first kappa shape index (κ1) is 34.0. The molecule has 1 atom stereocenters. The third kappa shape index (κ3) is 11.3. The van der Waals surface area contributed by atoms with E-state index in [2.05, 4.69) is 10.3 Å². The van der Waals surface area contributed by atoms with Gasteiger partial charge >= 0.3 is 25.8 Å². The highest BCUT2D eigenvalue weighted by atomic mass is 31.2. The van der Waals surface area contributed by atoms with Crippen molar-refractivity contribution in [2.75, 3.05) is 0 Å². The molecule has 0 saturated carbocycles. The van der Waals surface area contributed by atoms with E-state index in [-0.39, 0.29) is 24.1 Å². The number of carbonyl (C=O) groups is 2. The number of aliphatic carboxylic acids is 1. The fraction of sp³-hybridized carbons (Fsp3) is 0.100. The van der Waals surface area contributed by atoms with Gasteiger partial charge in [-0.25, -0.2) is 19.1 Å². The van der Waals surface area contributed by atoms with Gasteiger partial charge in [0.05, 0.1) is 5.69 Å². The van der Waals surface area contributed by atoms with E-state index in [1.165, 1.54) is 0 Å². The van der Waals surface area contributed by atoms with Gasteiger partial charge in [0.15, 0.2) is 11.7 Å². The third-order valence-electron chi connectivity index (χ3n) is 5.42. The van der Waals surface area contributed by atoms with Crippen LogP contribution in [0.2, 0.25) is 0 Å². The molecule has 0 heterocycles. The second kappa shape index (κ2) is 15.8. The number of guanidine groups is 1. The van der Waals surface area contributed by atoms with Crippen LogP contribution in [0.5, 0.6) is 11.5 Å². The SMILES string of the molecule is NC(N)=Nc1cccc(C(NC(=O)OCc2ccccc2)P(=O)(Oc2ccccc2)Oc2ccccc2)c1.O=C(O)C(F)(F)F. The molecular weight excluding hydrogens is 616 g/mol. The number of carboxylic acids is 1. The summed E-state index contributed by atoms with van der Waals surface area (Å²) in [5.74, 6) is -3.63. The van der Waals surface area contributed by atoms with Crippen LogP contribution in [-0.2, 0) is 20.7 Å². The lowest BCUT2D eigenvalue weighted by atomic mass is 10.2. The molecule has 4 rings (SSSR count). The van der Waals surface area contributed by atoms with Crippen LogP contribution in [0.1, 0.15) is 16.9 Å². The first-order valence-corrected chi connectivity index (χ1v) is 14.5. The minimum Gasteiger partial charge on any atom is -0.475 e. The van der Waals surface area contributed by atoms with Gasteiger partial charge in [-0.1, -0.05) is 78.9 Å². The molecule has 0 spiro atoms. The Morgan fingerprint density at radius 3 is 1.78 bits per heavy atom. The van der Waals surface area contributed by atoms with Gasteiger partial charge in [0, 0.05) is 0 Å². The number of nitrogens with zero attached hydrogens (tertiary/aromatic N) is 1. The number of hydrogen-bond acceptors (Lipinski definition) is 7. The second-order valence-corrected chi connectivity index (χ2v) is 10.9. The molecule has 15 heteroatoms. The standard InChI is InChI=1S/C28H27N4O5P.C2HF3O2/c29-27(30)31-23-14-10-13-22(19-23)26(32-28(33)35-20-21-11-4-1-5-12-21)38(34,36-24-15-6-2-7-16-24)37-25-17-8-3-9-18-25;3-2(4,5)1(6)7/h1-19,26H,20H2,(H,32,33)(H4,29,30,31);(H,6,7). The third-order valence-corrected chi connectivity index (χ3v) is 7.41. The number of halogens is 3. The largest absolute Gasteiger partial charge is 0.490 e. The zero-order chi connectivity index (χ0) is 32.9. The predicted octanol–water partition coefficient (Wildman–Crippen LogP) is 6.50. The number of carbonyl (C=O) groups excluding carboxylic acids is 1. The van der Waals surface area contributed by atoms with Crippen molar-refractivity contribution in [2.45, 2.75) is 18.6 Å². The quantitative estimate of drug-likeness (QED) is 0.0853. The summed E-state index contributed by atoms with van der Waals surface area (Å²) in [5, 5.41) is 9.80. The minimum atomic E-state index is -5.08. The smallest absolute Gasteiger partial charge is 0.475 e. The second-order valence-electron chi connectivity index (χ2n) is 8.89. The number of nitrogens with two attached hydrogens (primary N) is 2. The highest BCUT2D eigenvalue weighted by Gasteiger charge is 2.42. The minimum absolute atomic E-state index is 0.0107. The summed E-state index contributed by atoms with van der Waals surface area (Å²) in [6, 6.07) is 32.8. The van der Waals surface area contributed by atoms with E-state index in [4.69, 9.17) is 35.2 Å². The van der Waals surface area contributed by atoms with Gasteiger partial charge in [0.2, 0.25) is 0 Å².